The van der Waals surface area contributed by atoms with Crippen molar-refractivity contribution in [3.63, 3.8) is 0 Å². The van der Waals surface area contributed by atoms with Gasteiger partial charge in [-0.15, -0.1) is 22.7 Å². The van der Waals surface area contributed by atoms with Crippen LogP contribution in [0.3, 0.4) is 0 Å². The van der Waals surface area contributed by atoms with E-state index in [1.165, 1.54) is 17.4 Å². The number of thiophene rings is 2. The topological polar surface area (TPSA) is 56.3 Å². The number of nitrogens with zero attached hydrogens (tertiary/aromatic N) is 1. The lowest BCUT2D eigenvalue weighted by atomic mass is 10.3. The highest BCUT2D eigenvalue weighted by atomic mass is 32.1. The molecule has 4 nitrogen and oxygen atoms in total. The summed E-state index contributed by atoms with van der Waals surface area (Å²) in [6.45, 7) is 0. The van der Waals surface area contributed by atoms with Gasteiger partial charge in [0.05, 0.1) is 15.9 Å². The van der Waals surface area contributed by atoms with Crippen LogP contribution in [0.15, 0.2) is 51.6 Å². The van der Waals surface area contributed by atoms with E-state index in [0.29, 0.717) is 10.6 Å². The first-order valence-electron chi connectivity index (χ1n) is 5.78. The van der Waals surface area contributed by atoms with Crippen LogP contribution in [0.2, 0.25) is 0 Å². The molecule has 100 valence electrons. The van der Waals surface area contributed by atoms with Gasteiger partial charge < -0.3 is 4.42 Å². The molecule has 0 aliphatic carbocycles. The largest absolute Gasteiger partial charge is 0.456 e. The van der Waals surface area contributed by atoms with Crippen molar-refractivity contribution in [2.24, 2.45) is 0 Å². The van der Waals surface area contributed by atoms with Crippen molar-refractivity contribution in [2.75, 3.05) is 0 Å². The third-order valence-electron chi connectivity index (χ3n) is 2.64. The van der Waals surface area contributed by atoms with Crippen molar-refractivity contribution in [3.05, 3.63) is 67.9 Å². The second-order valence-corrected chi connectivity index (χ2v) is 5.84. The zero-order valence-corrected chi connectivity index (χ0v) is 11.8. The maximum Gasteiger partial charge on any atom is 0.290 e. The molecule has 0 unspecified atom stereocenters. The Morgan fingerprint density at radius 2 is 1.95 bits per heavy atom. The van der Waals surface area contributed by atoms with Crippen LogP contribution in [0, 0.1) is 10.1 Å². The van der Waals surface area contributed by atoms with Crippen LogP contribution in [-0.4, -0.2) is 4.92 Å². The minimum atomic E-state index is -0.390. The Balaban J connectivity index is 1.96. The first-order chi connectivity index (χ1) is 9.74. The Morgan fingerprint density at radius 1 is 1.15 bits per heavy atom. The molecule has 0 spiro atoms. The van der Waals surface area contributed by atoms with Gasteiger partial charge in [0.25, 0.3) is 5.70 Å². The third kappa shape index (κ3) is 2.56. The van der Waals surface area contributed by atoms with Gasteiger partial charge in [0.1, 0.15) is 16.4 Å². The molecule has 0 aliphatic rings. The average Bonchev–Trinajstić information content (AvgIpc) is 3.16. The lowest BCUT2D eigenvalue weighted by molar-refractivity contribution is -0.374. The molecule has 0 bridgehead atoms. The third-order valence-corrected chi connectivity index (χ3v) is 4.42. The Kier molecular flexibility index (Phi) is 3.49. The molecule has 3 aromatic heterocycles. The number of hydrogen-bond acceptors (Lipinski definition) is 5. The summed E-state index contributed by atoms with van der Waals surface area (Å²) in [7, 11) is 0. The summed E-state index contributed by atoms with van der Waals surface area (Å²) in [6.07, 6.45) is 1.46. The van der Waals surface area contributed by atoms with Crippen LogP contribution >= 0.6 is 22.7 Å². The molecule has 3 aromatic rings. The molecule has 0 atom stereocenters. The van der Waals surface area contributed by atoms with Gasteiger partial charge in [-0.05, 0) is 35.0 Å². The maximum atomic E-state index is 11.1. The summed E-state index contributed by atoms with van der Waals surface area (Å²) in [5.41, 5.74) is 0.0482. The van der Waals surface area contributed by atoms with Gasteiger partial charge >= 0.3 is 0 Å². The Bertz CT molecular complexity index is 739. The zero-order valence-electron chi connectivity index (χ0n) is 10.2. The van der Waals surface area contributed by atoms with E-state index in [0.717, 1.165) is 10.6 Å². The van der Waals surface area contributed by atoms with E-state index in [2.05, 4.69) is 0 Å². The van der Waals surface area contributed by atoms with Gasteiger partial charge in [0, 0.05) is 0 Å². The van der Waals surface area contributed by atoms with Gasteiger partial charge in [-0.25, -0.2) is 0 Å². The van der Waals surface area contributed by atoms with Crippen LogP contribution in [0.5, 0.6) is 0 Å². The van der Waals surface area contributed by atoms with Crippen LogP contribution in [0.25, 0.3) is 22.4 Å². The van der Waals surface area contributed by atoms with E-state index in [-0.39, 0.29) is 10.6 Å². The van der Waals surface area contributed by atoms with E-state index in [1.54, 1.807) is 29.5 Å². The highest BCUT2D eigenvalue weighted by molar-refractivity contribution is 7.13. The fourth-order valence-corrected chi connectivity index (χ4v) is 3.16. The standard InChI is InChI=1S/C14H9NO3S2/c16-15(17)11(13-3-1-7-19-13)9-10-5-6-12(18-10)14-4-2-8-20-14/h1-9H. The lowest BCUT2D eigenvalue weighted by Crippen LogP contribution is -1.95. The molecule has 3 heterocycles. The Labute approximate surface area is 122 Å². The molecule has 0 saturated heterocycles. The number of hydrogen-bond donors (Lipinski definition) is 0. The second kappa shape index (κ2) is 5.44. The average molecular weight is 303 g/mol. The number of rotatable bonds is 4. The quantitative estimate of drug-likeness (QED) is 0.511. The number of nitro groups is 1. The molecule has 0 amide bonds. The van der Waals surface area contributed by atoms with Crippen molar-refractivity contribution in [1.29, 1.82) is 0 Å². The fourth-order valence-electron chi connectivity index (χ4n) is 1.75. The molecule has 6 heteroatoms. The van der Waals surface area contributed by atoms with Crippen LogP contribution in [-0.2, 0) is 0 Å². The maximum absolute atomic E-state index is 11.1. The summed E-state index contributed by atoms with van der Waals surface area (Å²) in [4.78, 5) is 12.4. The lowest BCUT2D eigenvalue weighted by Gasteiger charge is -1.94. The predicted molar refractivity (Wildman–Crippen MR) is 81.2 cm³/mol. The van der Waals surface area contributed by atoms with Gasteiger partial charge in [-0.2, -0.15) is 0 Å². The molecule has 0 saturated carbocycles. The van der Waals surface area contributed by atoms with Crippen molar-refractivity contribution < 1.29 is 9.34 Å². The smallest absolute Gasteiger partial charge is 0.290 e. The molecular weight excluding hydrogens is 294 g/mol. The normalized spacial score (nSPS) is 11.7. The summed E-state index contributed by atoms with van der Waals surface area (Å²) in [5.74, 6) is 1.20. The minimum absolute atomic E-state index is 0.0482. The fraction of sp³-hybridized carbons (Fsp3) is 0. The second-order valence-electron chi connectivity index (χ2n) is 3.94. The summed E-state index contributed by atoms with van der Waals surface area (Å²) >= 11 is 2.90. The van der Waals surface area contributed by atoms with E-state index >= 15 is 0 Å². The zero-order chi connectivity index (χ0) is 13.9. The van der Waals surface area contributed by atoms with E-state index in [9.17, 15) is 10.1 Å². The molecule has 3 rings (SSSR count). The SMILES string of the molecule is O=[N+]([O-])C(=Cc1ccc(-c2cccs2)o1)c1cccs1. The van der Waals surface area contributed by atoms with Gasteiger partial charge in [0.15, 0.2) is 0 Å². The minimum Gasteiger partial charge on any atom is -0.456 e. The van der Waals surface area contributed by atoms with Gasteiger partial charge in [0.2, 0.25) is 0 Å². The highest BCUT2D eigenvalue weighted by Gasteiger charge is 2.16. The van der Waals surface area contributed by atoms with Crippen molar-refractivity contribution in [2.45, 2.75) is 0 Å². The van der Waals surface area contributed by atoms with E-state index in [4.69, 9.17) is 4.42 Å². The Morgan fingerprint density at radius 3 is 2.60 bits per heavy atom. The van der Waals surface area contributed by atoms with Crippen molar-refractivity contribution >= 4 is 34.4 Å². The Hall–Kier alpha value is -2.18. The van der Waals surface area contributed by atoms with Crippen molar-refractivity contribution in [1.82, 2.24) is 0 Å². The van der Waals surface area contributed by atoms with E-state index in [1.807, 2.05) is 29.0 Å². The molecule has 0 radical (unpaired) electrons. The molecule has 20 heavy (non-hydrogen) atoms. The molecule has 0 aliphatic heterocycles. The highest BCUT2D eigenvalue weighted by Crippen LogP contribution is 2.29. The summed E-state index contributed by atoms with van der Waals surface area (Å²) in [5, 5.41) is 14.9. The van der Waals surface area contributed by atoms with Crippen LogP contribution in [0.4, 0.5) is 0 Å². The first-order valence-corrected chi connectivity index (χ1v) is 7.53. The summed E-state index contributed by atoms with van der Waals surface area (Å²) < 4.78 is 5.64. The molecule has 0 fully saturated rings. The van der Waals surface area contributed by atoms with Gasteiger partial charge in [-0.3, -0.25) is 10.1 Å². The predicted octanol–water partition coefficient (Wildman–Crippen LogP) is 4.84. The molecule has 0 aromatic carbocycles. The van der Waals surface area contributed by atoms with Crippen molar-refractivity contribution in [3.8, 4) is 10.6 Å². The molecular formula is C14H9NO3S2. The van der Waals surface area contributed by atoms with E-state index < -0.39 is 0 Å². The monoisotopic (exact) mass is 303 g/mol. The molecule has 0 N–H and O–H groups in total. The van der Waals surface area contributed by atoms with Crippen LogP contribution in [0.1, 0.15) is 10.6 Å². The van der Waals surface area contributed by atoms with Gasteiger partial charge in [-0.1, -0.05) is 12.1 Å². The summed E-state index contributed by atoms with van der Waals surface area (Å²) in [6, 6.07) is 11.0. The number of furan rings is 1. The van der Waals surface area contributed by atoms with Crippen LogP contribution < -0.4 is 0 Å². The first kappa shape index (κ1) is 12.8.